The van der Waals surface area contributed by atoms with Crippen LogP contribution in [0.25, 0.3) is 16.8 Å². The third kappa shape index (κ3) is 5.94. The zero-order valence-corrected chi connectivity index (χ0v) is 20.8. The number of fused-ring (bicyclic) bond motifs is 1. The highest BCUT2D eigenvalue weighted by Crippen LogP contribution is 2.27. The predicted molar refractivity (Wildman–Crippen MR) is 146 cm³/mol. The summed E-state index contributed by atoms with van der Waals surface area (Å²) in [5.74, 6) is 2.13. The first-order valence-electron chi connectivity index (χ1n) is 12.0. The summed E-state index contributed by atoms with van der Waals surface area (Å²) >= 11 is 0. The van der Waals surface area contributed by atoms with Crippen molar-refractivity contribution >= 4 is 23.1 Å². The molecule has 0 aliphatic heterocycles. The number of para-hydroxylation sites is 1. The molecule has 0 saturated carbocycles. The number of amides is 1. The van der Waals surface area contributed by atoms with Crippen molar-refractivity contribution in [2.75, 3.05) is 32.5 Å². The van der Waals surface area contributed by atoms with E-state index in [-0.39, 0.29) is 5.91 Å². The molecule has 0 radical (unpaired) electrons. The number of ether oxygens (including phenoxy) is 1. The molecule has 3 aromatic carbocycles. The fourth-order valence-electron chi connectivity index (χ4n) is 3.84. The normalized spacial score (nSPS) is 11.0. The van der Waals surface area contributed by atoms with Gasteiger partial charge in [-0.25, -0.2) is 9.50 Å². The highest BCUT2D eigenvalue weighted by molar-refractivity contribution is 5.96. The van der Waals surface area contributed by atoms with Gasteiger partial charge in [0.05, 0.1) is 6.20 Å². The summed E-state index contributed by atoms with van der Waals surface area (Å²) in [4.78, 5) is 19.4. The Morgan fingerprint density at radius 2 is 1.73 bits per heavy atom. The second kappa shape index (κ2) is 10.9. The molecule has 0 aliphatic carbocycles. The van der Waals surface area contributed by atoms with E-state index in [2.05, 4.69) is 15.7 Å². The van der Waals surface area contributed by atoms with Crippen LogP contribution in [0.4, 0.5) is 11.5 Å². The van der Waals surface area contributed by atoms with Crippen LogP contribution >= 0.6 is 0 Å². The fourth-order valence-corrected chi connectivity index (χ4v) is 3.84. The Bertz CT molecular complexity index is 1500. The standard InChI is InChI=1S/C29H28N6O2/c1-34(2)18-16-30-29(36)22-8-6-7-21(19-22)26-20-31-35-17-15-27(33-28(26)35)32-23-11-13-25(14-12-23)37-24-9-4-3-5-10-24/h3-15,17,19-20H,16,18H2,1-2H3,(H,30,36)(H,32,33). The number of nitrogens with zero attached hydrogens (tertiary/aromatic N) is 4. The van der Waals surface area contributed by atoms with Gasteiger partial charge in [0.1, 0.15) is 17.3 Å². The van der Waals surface area contributed by atoms with E-state index < -0.39 is 0 Å². The lowest BCUT2D eigenvalue weighted by molar-refractivity contribution is 0.0951. The number of aromatic nitrogens is 3. The van der Waals surface area contributed by atoms with Gasteiger partial charge >= 0.3 is 0 Å². The van der Waals surface area contributed by atoms with Crippen LogP contribution in [-0.2, 0) is 0 Å². The van der Waals surface area contributed by atoms with Crippen molar-refractivity contribution < 1.29 is 9.53 Å². The predicted octanol–water partition coefficient (Wildman–Crippen LogP) is 5.22. The quantitative estimate of drug-likeness (QED) is 0.293. The number of anilines is 2. The average Bonchev–Trinajstić information content (AvgIpc) is 3.34. The van der Waals surface area contributed by atoms with Crippen LogP contribution in [0.1, 0.15) is 10.4 Å². The van der Waals surface area contributed by atoms with Crippen molar-refractivity contribution in [2.45, 2.75) is 0 Å². The van der Waals surface area contributed by atoms with Crippen molar-refractivity contribution in [2.24, 2.45) is 0 Å². The maximum absolute atomic E-state index is 12.6. The number of hydrogen-bond donors (Lipinski definition) is 2. The smallest absolute Gasteiger partial charge is 0.251 e. The van der Waals surface area contributed by atoms with Gasteiger partial charge in [-0.1, -0.05) is 30.3 Å². The minimum atomic E-state index is -0.102. The molecule has 0 saturated heterocycles. The van der Waals surface area contributed by atoms with E-state index in [4.69, 9.17) is 9.72 Å². The Morgan fingerprint density at radius 1 is 0.946 bits per heavy atom. The van der Waals surface area contributed by atoms with Gasteiger partial charge in [0.15, 0.2) is 5.65 Å². The molecule has 0 unspecified atom stereocenters. The van der Waals surface area contributed by atoms with E-state index in [9.17, 15) is 4.79 Å². The summed E-state index contributed by atoms with van der Waals surface area (Å²) < 4.78 is 7.59. The summed E-state index contributed by atoms with van der Waals surface area (Å²) in [7, 11) is 3.95. The molecule has 8 nitrogen and oxygen atoms in total. The van der Waals surface area contributed by atoms with Crippen LogP contribution in [0.2, 0.25) is 0 Å². The van der Waals surface area contributed by atoms with Crippen LogP contribution < -0.4 is 15.4 Å². The maximum atomic E-state index is 12.6. The van der Waals surface area contributed by atoms with E-state index in [1.54, 1.807) is 10.7 Å². The van der Waals surface area contributed by atoms with Crippen molar-refractivity contribution in [1.29, 1.82) is 0 Å². The molecule has 0 aliphatic rings. The number of nitrogens with one attached hydrogen (secondary N) is 2. The summed E-state index contributed by atoms with van der Waals surface area (Å²) in [5, 5.41) is 10.7. The molecule has 186 valence electrons. The van der Waals surface area contributed by atoms with Gasteiger partial charge in [0, 0.05) is 36.1 Å². The second-order valence-electron chi connectivity index (χ2n) is 8.84. The third-order valence-electron chi connectivity index (χ3n) is 5.76. The second-order valence-corrected chi connectivity index (χ2v) is 8.84. The van der Waals surface area contributed by atoms with E-state index in [0.717, 1.165) is 34.9 Å². The Kier molecular flexibility index (Phi) is 7.09. The van der Waals surface area contributed by atoms with Gasteiger partial charge < -0.3 is 20.3 Å². The van der Waals surface area contributed by atoms with Gasteiger partial charge in [-0.05, 0) is 74.3 Å². The molecule has 2 N–H and O–H groups in total. The van der Waals surface area contributed by atoms with E-state index in [0.29, 0.717) is 23.6 Å². The number of rotatable bonds is 9. The molecule has 5 aromatic rings. The highest BCUT2D eigenvalue weighted by atomic mass is 16.5. The van der Waals surface area contributed by atoms with Crippen LogP contribution in [0, 0.1) is 0 Å². The molecule has 1 amide bonds. The SMILES string of the molecule is CN(C)CCNC(=O)c1cccc(-c2cnn3ccc(Nc4ccc(Oc5ccccc5)cc4)nc23)c1. The number of carbonyl (C=O) groups is 1. The lowest BCUT2D eigenvalue weighted by atomic mass is 10.1. The Balaban J connectivity index is 1.32. The molecule has 8 heteroatoms. The third-order valence-corrected chi connectivity index (χ3v) is 5.76. The minimum absolute atomic E-state index is 0.102. The monoisotopic (exact) mass is 492 g/mol. The fraction of sp³-hybridized carbons (Fsp3) is 0.138. The number of likely N-dealkylation sites (N-methyl/N-ethyl adjacent to an activating group) is 1. The molecule has 0 bridgehead atoms. The first-order chi connectivity index (χ1) is 18.0. The number of benzene rings is 3. The van der Waals surface area contributed by atoms with Crippen molar-refractivity contribution in [3.63, 3.8) is 0 Å². The first kappa shape index (κ1) is 24.0. The topological polar surface area (TPSA) is 83.8 Å². The molecule has 0 fully saturated rings. The lowest BCUT2D eigenvalue weighted by Crippen LogP contribution is -2.31. The molecular formula is C29H28N6O2. The maximum Gasteiger partial charge on any atom is 0.251 e. The van der Waals surface area contributed by atoms with Crippen LogP contribution in [0.3, 0.4) is 0 Å². The molecule has 0 atom stereocenters. The highest BCUT2D eigenvalue weighted by Gasteiger charge is 2.12. The Labute approximate surface area is 215 Å². The largest absolute Gasteiger partial charge is 0.457 e. The van der Waals surface area contributed by atoms with Gasteiger partial charge in [0.2, 0.25) is 0 Å². The first-order valence-corrected chi connectivity index (χ1v) is 12.0. The van der Waals surface area contributed by atoms with Crippen LogP contribution in [-0.4, -0.2) is 52.6 Å². The molecule has 0 spiro atoms. The lowest BCUT2D eigenvalue weighted by Gasteiger charge is -2.11. The van der Waals surface area contributed by atoms with Crippen molar-refractivity contribution in [3.05, 3.63) is 103 Å². The zero-order valence-electron chi connectivity index (χ0n) is 20.8. The minimum Gasteiger partial charge on any atom is -0.457 e. The molecular weight excluding hydrogens is 464 g/mol. The summed E-state index contributed by atoms with van der Waals surface area (Å²) in [6.45, 7) is 1.37. The van der Waals surface area contributed by atoms with Gasteiger partial charge in [0.25, 0.3) is 5.91 Å². The van der Waals surface area contributed by atoms with Crippen molar-refractivity contribution in [1.82, 2.24) is 24.8 Å². The Morgan fingerprint density at radius 3 is 2.51 bits per heavy atom. The summed E-state index contributed by atoms with van der Waals surface area (Å²) in [5.41, 5.74) is 3.90. The molecule has 2 aromatic heterocycles. The van der Waals surface area contributed by atoms with E-state index in [1.165, 1.54) is 0 Å². The average molecular weight is 493 g/mol. The zero-order chi connectivity index (χ0) is 25.6. The number of carbonyl (C=O) groups excluding carboxylic acids is 1. The van der Waals surface area contributed by atoms with Crippen molar-refractivity contribution in [3.8, 4) is 22.6 Å². The van der Waals surface area contributed by atoms with Crippen LogP contribution in [0.15, 0.2) is 97.3 Å². The van der Waals surface area contributed by atoms with Gasteiger partial charge in [-0.15, -0.1) is 0 Å². The van der Waals surface area contributed by atoms with E-state index >= 15 is 0 Å². The molecule has 5 rings (SSSR count). The summed E-state index contributed by atoms with van der Waals surface area (Å²) in [6.07, 6.45) is 3.63. The Hall–Kier alpha value is -4.69. The van der Waals surface area contributed by atoms with Gasteiger partial charge in [-0.3, -0.25) is 4.79 Å². The molecule has 2 heterocycles. The molecule has 37 heavy (non-hydrogen) atoms. The summed E-state index contributed by atoms with van der Waals surface area (Å²) in [6, 6.07) is 26.8. The number of hydrogen-bond acceptors (Lipinski definition) is 6. The van der Waals surface area contributed by atoms with E-state index in [1.807, 2.05) is 110 Å². The van der Waals surface area contributed by atoms with Gasteiger partial charge in [-0.2, -0.15) is 5.10 Å². The van der Waals surface area contributed by atoms with Crippen LogP contribution in [0.5, 0.6) is 11.5 Å².